The van der Waals surface area contributed by atoms with Crippen molar-refractivity contribution in [3.05, 3.63) is 76.5 Å². The molecule has 0 aliphatic heterocycles. The molecule has 0 aliphatic carbocycles. The topological polar surface area (TPSA) is 27.1 Å². The molecule has 0 spiro atoms. The highest BCUT2D eigenvalue weighted by molar-refractivity contribution is 6.31. The zero-order valence-electron chi connectivity index (χ0n) is 12.5. The minimum absolute atomic E-state index is 0.505. The van der Waals surface area contributed by atoms with Crippen molar-refractivity contribution >= 4 is 23.2 Å². The van der Waals surface area contributed by atoms with E-state index in [-0.39, 0.29) is 0 Å². The van der Waals surface area contributed by atoms with Crippen molar-refractivity contribution in [3.63, 3.8) is 0 Å². The van der Waals surface area contributed by atoms with Crippen LogP contribution >= 0.6 is 23.2 Å². The van der Waals surface area contributed by atoms with E-state index in [0.29, 0.717) is 19.8 Å². The second-order valence-corrected chi connectivity index (χ2v) is 5.99. The first-order valence-electron chi connectivity index (χ1n) is 7.32. The maximum atomic E-state index is 6.10. The molecule has 0 unspecified atom stereocenters. The Morgan fingerprint density at radius 1 is 0.957 bits per heavy atom. The van der Waals surface area contributed by atoms with E-state index in [1.807, 2.05) is 65.6 Å². The van der Waals surface area contributed by atoms with Crippen LogP contribution in [0.25, 0.3) is 11.1 Å². The number of halogens is 2. The van der Waals surface area contributed by atoms with E-state index >= 15 is 0 Å². The molecule has 0 aliphatic rings. The lowest BCUT2D eigenvalue weighted by Gasteiger charge is -2.06. The molecular formula is C18H16Cl2N2O. The molecule has 0 fully saturated rings. The Bertz CT molecular complexity index is 769. The summed E-state index contributed by atoms with van der Waals surface area (Å²) in [6.45, 7) is 1.77. The van der Waals surface area contributed by atoms with Gasteiger partial charge in [0.1, 0.15) is 0 Å². The Labute approximate surface area is 145 Å². The average Bonchev–Trinajstić information content (AvgIpc) is 3.03. The molecule has 1 heterocycles. The van der Waals surface area contributed by atoms with Crippen LogP contribution in [-0.4, -0.2) is 16.4 Å². The fraction of sp³-hybridized carbons (Fsp3) is 0.167. The number of nitrogens with zero attached hydrogens (tertiary/aromatic N) is 2. The van der Waals surface area contributed by atoms with Gasteiger partial charge in [-0.1, -0.05) is 53.5 Å². The Morgan fingerprint density at radius 2 is 1.74 bits per heavy atom. The molecule has 0 atom stereocenters. The molecule has 3 rings (SSSR count). The van der Waals surface area contributed by atoms with Crippen molar-refractivity contribution in [2.45, 2.75) is 13.2 Å². The number of rotatable bonds is 6. The first-order valence-corrected chi connectivity index (χ1v) is 8.07. The van der Waals surface area contributed by atoms with Gasteiger partial charge in [0.2, 0.25) is 0 Å². The average molecular weight is 347 g/mol. The van der Waals surface area contributed by atoms with E-state index in [1.165, 1.54) is 0 Å². The summed E-state index contributed by atoms with van der Waals surface area (Å²) in [5.41, 5.74) is 3.15. The van der Waals surface area contributed by atoms with Crippen molar-refractivity contribution in [1.29, 1.82) is 0 Å². The first-order chi connectivity index (χ1) is 11.2. The Hall–Kier alpha value is -1.81. The van der Waals surface area contributed by atoms with Gasteiger partial charge in [-0.2, -0.15) is 5.10 Å². The summed E-state index contributed by atoms with van der Waals surface area (Å²) in [7, 11) is 0. The Morgan fingerprint density at radius 3 is 2.52 bits per heavy atom. The van der Waals surface area contributed by atoms with Gasteiger partial charge < -0.3 is 4.74 Å². The number of hydrogen-bond acceptors (Lipinski definition) is 2. The zero-order chi connectivity index (χ0) is 16.1. The standard InChI is InChI=1S/C18H16Cl2N2O/c19-17-7-5-14(6-8-17)16-11-21-22(12-16)9-10-23-13-15-3-1-2-4-18(15)20/h1-8,11-12H,9-10,13H2. The fourth-order valence-corrected chi connectivity index (χ4v) is 2.55. The molecule has 0 N–H and O–H groups in total. The van der Waals surface area contributed by atoms with Gasteiger partial charge >= 0.3 is 0 Å². The summed E-state index contributed by atoms with van der Waals surface area (Å²) in [4.78, 5) is 0. The first kappa shape index (κ1) is 16.1. The number of aromatic nitrogens is 2. The minimum atomic E-state index is 0.505. The van der Waals surface area contributed by atoms with E-state index in [1.54, 1.807) is 0 Å². The van der Waals surface area contributed by atoms with Gasteiger partial charge in [0.25, 0.3) is 0 Å². The van der Waals surface area contributed by atoms with Gasteiger partial charge in [-0.25, -0.2) is 0 Å². The number of hydrogen-bond donors (Lipinski definition) is 0. The SMILES string of the molecule is Clc1ccc(-c2cnn(CCOCc3ccccc3Cl)c2)cc1. The quantitative estimate of drug-likeness (QED) is 0.582. The van der Waals surface area contributed by atoms with Gasteiger partial charge in [0, 0.05) is 21.8 Å². The van der Waals surface area contributed by atoms with Gasteiger partial charge in [0.05, 0.1) is 26.0 Å². The predicted molar refractivity (Wildman–Crippen MR) is 93.8 cm³/mol. The highest BCUT2D eigenvalue weighted by atomic mass is 35.5. The maximum absolute atomic E-state index is 6.10. The molecule has 0 saturated carbocycles. The highest BCUT2D eigenvalue weighted by Crippen LogP contribution is 2.21. The summed E-state index contributed by atoms with van der Waals surface area (Å²) in [6.07, 6.45) is 3.85. The van der Waals surface area contributed by atoms with Crippen LogP contribution in [0.5, 0.6) is 0 Å². The lowest BCUT2D eigenvalue weighted by atomic mass is 10.1. The summed E-state index contributed by atoms with van der Waals surface area (Å²) < 4.78 is 7.54. The van der Waals surface area contributed by atoms with E-state index in [0.717, 1.165) is 26.7 Å². The van der Waals surface area contributed by atoms with Gasteiger partial charge in [-0.05, 0) is 29.3 Å². The molecule has 118 valence electrons. The Kier molecular flexibility index (Phi) is 5.34. The minimum Gasteiger partial charge on any atom is -0.375 e. The third-order valence-corrected chi connectivity index (χ3v) is 4.11. The van der Waals surface area contributed by atoms with E-state index < -0.39 is 0 Å². The Balaban J connectivity index is 1.52. The third-order valence-electron chi connectivity index (χ3n) is 3.49. The molecule has 0 radical (unpaired) electrons. The summed E-state index contributed by atoms with van der Waals surface area (Å²) in [5, 5.41) is 5.82. The highest BCUT2D eigenvalue weighted by Gasteiger charge is 2.03. The van der Waals surface area contributed by atoms with Crippen LogP contribution in [0.2, 0.25) is 10.0 Å². The lowest BCUT2D eigenvalue weighted by molar-refractivity contribution is 0.111. The monoisotopic (exact) mass is 346 g/mol. The maximum Gasteiger partial charge on any atom is 0.0732 e. The van der Waals surface area contributed by atoms with E-state index in [4.69, 9.17) is 27.9 Å². The van der Waals surface area contributed by atoms with Crippen molar-refractivity contribution in [1.82, 2.24) is 9.78 Å². The fourth-order valence-electron chi connectivity index (χ4n) is 2.23. The van der Waals surface area contributed by atoms with Crippen LogP contribution in [0.4, 0.5) is 0 Å². The molecule has 3 aromatic rings. The molecule has 0 amide bonds. The van der Waals surface area contributed by atoms with E-state index in [2.05, 4.69) is 5.10 Å². The summed E-state index contributed by atoms with van der Waals surface area (Å²) in [5.74, 6) is 0. The van der Waals surface area contributed by atoms with Crippen molar-refractivity contribution in [2.24, 2.45) is 0 Å². The van der Waals surface area contributed by atoms with Crippen LogP contribution in [0.15, 0.2) is 60.9 Å². The molecule has 23 heavy (non-hydrogen) atoms. The summed E-state index contributed by atoms with van der Waals surface area (Å²) >= 11 is 12.0. The van der Waals surface area contributed by atoms with Crippen molar-refractivity contribution in [3.8, 4) is 11.1 Å². The molecule has 5 heteroatoms. The number of benzene rings is 2. The molecule has 0 saturated heterocycles. The number of ether oxygens (including phenoxy) is 1. The van der Waals surface area contributed by atoms with Gasteiger partial charge in [-0.15, -0.1) is 0 Å². The van der Waals surface area contributed by atoms with Crippen LogP contribution in [0.1, 0.15) is 5.56 Å². The van der Waals surface area contributed by atoms with Crippen LogP contribution in [0, 0.1) is 0 Å². The molecule has 0 bridgehead atoms. The molecule has 2 aromatic carbocycles. The largest absolute Gasteiger partial charge is 0.375 e. The molecule has 3 nitrogen and oxygen atoms in total. The van der Waals surface area contributed by atoms with Gasteiger partial charge in [-0.3, -0.25) is 4.68 Å². The van der Waals surface area contributed by atoms with Gasteiger partial charge in [0.15, 0.2) is 0 Å². The molecular weight excluding hydrogens is 331 g/mol. The summed E-state index contributed by atoms with van der Waals surface area (Å²) in [6, 6.07) is 15.4. The van der Waals surface area contributed by atoms with E-state index in [9.17, 15) is 0 Å². The van der Waals surface area contributed by atoms with Crippen LogP contribution in [0.3, 0.4) is 0 Å². The van der Waals surface area contributed by atoms with Crippen LogP contribution < -0.4 is 0 Å². The zero-order valence-corrected chi connectivity index (χ0v) is 14.0. The third kappa shape index (κ3) is 4.35. The normalized spacial score (nSPS) is 10.9. The van der Waals surface area contributed by atoms with Crippen molar-refractivity contribution < 1.29 is 4.74 Å². The second-order valence-electron chi connectivity index (χ2n) is 5.14. The predicted octanol–water partition coefficient (Wildman–Crippen LogP) is 5.07. The second kappa shape index (κ2) is 7.64. The van der Waals surface area contributed by atoms with Crippen LogP contribution in [-0.2, 0) is 17.9 Å². The van der Waals surface area contributed by atoms with Crippen molar-refractivity contribution in [2.75, 3.05) is 6.61 Å². The smallest absolute Gasteiger partial charge is 0.0732 e. The molecule has 1 aromatic heterocycles. The lowest BCUT2D eigenvalue weighted by Crippen LogP contribution is -2.06.